The van der Waals surface area contributed by atoms with Crippen molar-refractivity contribution in [2.45, 2.75) is 38.5 Å². The maximum absolute atomic E-state index is 2.51. The predicted molar refractivity (Wildman–Crippen MR) is 273 cm³/mol. The van der Waals surface area contributed by atoms with Crippen molar-refractivity contribution in [2.24, 2.45) is 0 Å². The Hall–Kier alpha value is -6.78. The lowest BCUT2D eigenvalue weighted by atomic mass is 9.81. The molecule has 0 aliphatic heterocycles. The molecule has 2 aliphatic carbocycles. The summed E-state index contributed by atoms with van der Waals surface area (Å²) in [4.78, 5) is 2.49. The van der Waals surface area contributed by atoms with Crippen molar-refractivity contribution in [2.75, 3.05) is 4.90 Å². The lowest BCUT2D eigenvalue weighted by Crippen LogP contribution is -2.18. The van der Waals surface area contributed by atoms with Crippen molar-refractivity contribution in [3.05, 3.63) is 210 Å². The van der Waals surface area contributed by atoms with Crippen LogP contribution >= 0.6 is 22.7 Å². The van der Waals surface area contributed by atoms with Crippen LogP contribution in [-0.4, -0.2) is 0 Å². The van der Waals surface area contributed by atoms with Crippen molar-refractivity contribution in [3.8, 4) is 44.5 Å². The van der Waals surface area contributed by atoms with Crippen molar-refractivity contribution in [3.63, 3.8) is 0 Å². The van der Waals surface area contributed by atoms with Gasteiger partial charge < -0.3 is 4.90 Å². The molecule has 0 saturated heterocycles. The summed E-state index contributed by atoms with van der Waals surface area (Å²) in [7, 11) is 0. The predicted octanol–water partition coefficient (Wildman–Crippen LogP) is 17.8. The Balaban J connectivity index is 1.00. The van der Waals surface area contributed by atoms with Crippen molar-refractivity contribution in [1.82, 2.24) is 0 Å². The van der Waals surface area contributed by atoms with Gasteiger partial charge in [-0.3, -0.25) is 0 Å². The maximum Gasteiger partial charge on any atom is 0.0465 e. The Labute approximate surface area is 376 Å². The summed E-state index contributed by atoms with van der Waals surface area (Å²) in [5, 5.41) is 5.35. The van der Waals surface area contributed by atoms with Gasteiger partial charge in [0.1, 0.15) is 0 Å². The zero-order chi connectivity index (χ0) is 42.2. The molecule has 2 heterocycles. The van der Waals surface area contributed by atoms with E-state index < -0.39 is 0 Å². The highest BCUT2D eigenvalue weighted by Crippen LogP contribution is 2.58. The van der Waals surface area contributed by atoms with Crippen molar-refractivity contribution in [1.29, 1.82) is 0 Å². The smallest absolute Gasteiger partial charge is 0.0465 e. The molecule has 0 radical (unpaired) electrons. The number of nitrogens with zero attached hydrogens (tertiary/aromatic N) is 1. The SMILES string of the molecule is CC1(C)c2ccccc2-c2ccc(N(c3ccc(-c4cccc5c4sc4ccccc45)cc3)c3ccc4c(c3)C(C)(C)c3cc5sc6ccccc6c5c(-c5ccccc5)c3-4)cc21. The van der Waals surface area contributed by atoms with E-state index in [4.69, 9.17) is 0 Å². The molecule has 1 nitrogen and oxygen atoms in total. The van der Waals surface area contributed by atoms with Crippen molar-refractivity contribution < 1.29 is 0 Å². The fourth-order valence-corrected chi connectivity index (χ4v) is 13.5. The molecule has 3 heteroatoms. The molecule has 2 aliphatic rings. The third-order valence-electron chi connectivity index (χ3n) is 14.3. The molecule has 11 aromatic rings. The third kappa shape index (κ3) is 5.27. The Kier molecular flexibility index (Phi) is 7.81. The first-order chi connectivity index (χ1) is 30.8. The number of hydrogen-bond donors (Lipinski definition) is 0. The topological polar surface area (TPSA) is 3.24 Å². The van der Waals surface area contributed by atoms with Gasteiger partial charge in [-0.15, -0.1) is 22.7 Å². The molecule has 13 rings (SSSR count). The van der Waals surface area contributed by atoms with Gasteiger partial charge in [0.2, 0.25) is 0 Å². The zero-order valence-electron chi connectivity index (χ0n) is 35.7. The highest BCUT2D eigenvalue weighted by atomic mass is 32.1. The van der Waals surface area contributed by atoms with E-state index in [0.29, 0.717) is 0 Å². The van der Waals surface area contributed by atoms with Crippen LogP contribution in [0.2, 0.25) is 0 Å². The molecule has 0 atom stereocenters. The Morgan fingerprint density at radius 3 is 1.70 bits per heavy atom. The molecule has 0 saturated carbocycles. The summed E-state index contributed by atoms with van der Waals surface area (Å²) in [6.45, 7) is 9.61. The van der Waals surface area contributed by atoms with E-state index in [1.165, 1.54) is 113 Å². The summed E-state index contributed by atoms with van der Waals surface area (Å²) in [5.41, 5.74) is 19.1. The second kappa shape index (κ2) is 13.4. The summed E-state index contributed by atoms with van der Waals surface area (Å²) >= 11 is 3.81. The Morgan fingerprint density at radius 1 is 0.349 bits per heavy atom. The summed E-state index contributed by atoms with van der Waals surface area (Å²) in [5.74, 6) is 0. The first-order valence-electron chi connectivity index (χ1n) is 22.0. The van der Waals surface area contributed by atoms with Gasteiger partial charge in [0.05, 0.1) is 0 Å². The van der Waals surface area contributed by atoms with Gasteiger partial charge in [0, 0.05) is 68.2 Å². The largest absolute Gasteiger partial charge is 0.310 e. The van der Waals surface area contributed by atoms with Crippen LogP contribution in [0.3, 0.4) is 0 Å². The monoisotopic (exact) mass is 841 g/mol. The zero-order valence-corrected chi connectivity index (χ0v) is 37.3. The van der Waals surface area contributed by atoms with Gasteiger partial charge >= 0.3 is 0 Å². The molecule has 0 unspecified atom stereocenters. The van der Waals surface area contributed by atoms with Crippen LogP contribution in [0.4, 0.5) is 17.1 Å². The number of benzene rings is 9. The minimum atomic E-state index is -0.228. The number of thiophene rings is 2. The van der Waals surface area contributed by atoms with Crippen LogP contribution in [0.25, 0.3) is 84.9 Å². The Bertz CT molecular complexity index is 3680. The second-order valence-electron chi connectivity index (χ2n) is 18.4. The average Bonchev–Trinajstić information content (AvgIpc) is 4.02. The number of rotatable bonds is 5. The van der Waals surface area contributed by atoms with Crippen LogP contribution in [0.15, 0.2) is 188 Å². The first-order valence-corrected chi connectivity index (χ1v) is 23.6. The van der Waals surface area contributed by atoms with Gasteiger partial charge in [0.15, 0.2) is 0 Å². The summed E-state index contributed by atoms with van der Waals surface area (Å²) in [6, 6.07) is 70.7. The van der Waals surface area contributed by atoms with Crippen LogP contribution in [0.5, 0.6) is 0 Å². The highest BCUT2D eigenvalue weighted by molar-refractivity contribution is 7.26. The normalized spacial score (nSPS) is 14.3. The number of fused-ring (bicyclic) bond motifs is 12. The maximum atomic E-state index is 2.51. The molecule has 2 aromatic heterocycles. The third-order valence-corrected chi connectivity index (χ3v) is 16.6. The lowest BCUT2D eigenvalue weighted by molar-refractivity contribution is 0.660. The molecule has 9 aromatic carbocycles. The molecule has 0 N–H and O–H groups in total. The van der Waals surface area contributed by atoms with E-state index in [1.54, 1.807) is 0 Å². The van der Waals surface area contributed by atoms with Crippen LogP contribution in [0.1, 0.15) is 49.9 Å². The fraction of sp³-hybridized carbons (Fsp3) is 0.100. The van der Waals surface area contributed by atoms with Gasteiger partial charge in [-0.25, -0.2) is 0 Å². The van der Waals surface area contributed by atoms with Crippen LogP contribution < -0.4 is 4.90 Å². The van der Waals surface area contributed by atoms with Gasteiger partial charge in [0.25, 0.3) is 0 Å². The molecule has 300 valence electrons. The van der Waals surface area contributed by atoms with E-state index in [2.05, 4.69) is 221 Å². The lowest BCUT2D eigenvalue weighted by Gasteiger charge is -2.30. The van der Waals surface area contributed by atoms with Crippen LogP contribution in [-0.2, 0) is 10.8 Å². The second-order valence-corrected chi connectivity index (χ2v) is 20.6. The van der Waals surface area contributed by atoms with E-state index in [0.717, 1.165) is 11.4 Å². The first kappa shape index (κ1) is 36.8. The molecule has 63 heavy (non-hydrogen) atoms. The minimum absolute atomic E-state index is 0.118. The quantitative estimate of drug-likeness (QED) is 0.167. The fourth-order valence-electron chi connectivity index (χ4n) is 11.1. The highest BCUT2D eigenvalue weighted by Gasteiger charge is 2.40. The van der Waals surface area contributed by atoms with Crippen LogP contribution in [0, 0.1) is 0 Å². The summed E-state index contributed by atoms with van der Waals surface area (Å²) in [6.07, 6.45) is 0. The van der Waals surface area contributed by atoms with Gasteiger partial charge in [-0.05, 0) is 121 Å². The minimum Gasteiger partial charge on any atom is -0.310 e. The van der Waals surface area contributed by atoms with Gasteiger partial charge in [-0.2, -0.15) is 0 Å². The molecule has 0 spiro atoms. The molecular formula is C60H43NS2. The average molecular weight is 842 g/mol. The molecule has 0 amide bonds. The standard InChI is InChI=1S/C60H43NS2/c1-59(2)48-22-11-8-17-42(48)43-31-29-39(33-49(43)59)61(38-27-25-36(26-28-38)41-20-14-21-45-44-18-9-12-23-52(44)63-58(41)45)40-30-32-46-50(34-40)60(3,4)51-35-54-57(47-19-10-13-24-53(47)62-54)55(56(46)51)37-15-6-5-7-16-37/h5-35H,1-4H3. The molecule has 0 bridgehead atoms. The summed E-state index contributed by atoms with van der Waals surface area (Å²) < 4.78 is 5.36. The van der Waals surface area contributed by atoms with E-state index in [9.17, 15) is 0 Å². The number of anilines is 3. The number of hydrogen-bond acceptors (Lipinski definition) is 3. The molecular weight excluding hydrogens is 799 g/mol. The Morgan fingerprint density at radius 2 is 0.921 bits per heavy atom. The molecule has 0 fully saturated rings. The van der Waals surface area contributed by atoms with Crippen molar-refractivity contribution >= 4 is 80.1 Å². The van der Waals surface area contributed by atoms with E-state index in [-0.39, 0.29) is 10.8 Å². The van der Waals surface area contributed by atoms with E-state index in [1.807, 2.05) is 22.7 Å². The van der Waals surface area contributed by atoms with E-state index >= 15 is 0 Å². The van der Waals surface area contributed by atoms with Gasteiger partial charge in [-0.1, -0.05) is 161 Å².